The Balaban J connectivity index is 5.81. The summed E-state index contributed by atoms with van der Waals surface area (Å²) in [4.78, 5) is 35.0. The first-order valence-electron chi connectivity index (χ1n) is 8.84. The highest BCUT2D eigenvalue weighted by molar-refractivity contribution is 7.99. The molecular weight excluding hydrogens is 360 g/mol. The number of hydrogen-bond acceptors (Lipinski definition) is 8. The maximum absolute atomic E-state index is 11.7. The molecule has 0 amide bonds. The molecule has 5 atom stereocenters. The molecule has 0 saturated heterocycles. The summed E-state index contributed by atoms with van der Waals surface area (Å²) >= 11 is 1.56. The molecule has 0 aromatic heterocycles. The third-order valence-corrected chi connectivity index (χ3v) is 4.72. The van der Waals surface area contributed by atoms with E-state index in [0.29, 0.717) is 13.2 Å². The standard InChI is InChI=1S/C18H32O7S/c1-8-22-10-11(3)16(23-13(5)19)18(25-15(7)21)17(24-14(6)20)12(4)26-9-2/h11-12,16-18H,8-10H2,1-7H3. The predicted octanol–water partition coefficient (Wildman–Crippen LogP) is 2.60. The minimum absolute atomic E-state index is 0.161. The van der Waals surface area contributed by atoms with E-state index in [9.17, 15) is 14.4 Å². The molecule has 0 aromatic carbocycles. The maximum atomic E-state index is 11.7. The molecule has 0 aliphatic carbocycles. The van der Waals surface area contributed by atoms with E-state index in [2.05, 4.69) is 0 Å². The van der Waals surface area contributed by atoms with Crippen molar-refractivity contribution in [2.24, 2.45) is 5.92 Å². The molecule has 26 heavy (non-hydrogen) atoms. The van der Waals surface area contributed by atoms with Gasteiger partial charge in [-0.1, -0.05) is 13.8 Å². The molecule has 0 spiro atoms. The fourth-order valence-corrected chi connectivity index (χ4v) is 3.52. The number of carbonyl (C=O) groups excluding carboxylic acids is 3. The van der Waals surface area contributed by atoms with E-state index in [0.717, 1.165) is 5.75 Å². The van der Waals surface area contributed by atoms with Crippen LogP contribution < -0.4 is 0 Å². The zero-order valence-corrected chi connectivity index (χ0v) is 17.6. The van der Waals surface area contributed by atoms with Crippen molar-refractivity contribution in [1.82, 2.24) is 0 Å². The number of esters is 3. The van der Waals surface area contributed by atoms with Gasteiger partial charge in [0.1, 0.15) is 6.10 Å². The van der Waals surface area contributed by atoms with E-state index in [-0.39, 0.29) is 11.2 Å². The third kappa shape index (κ3) is 9.43. The molecule has 0 aliphatic rings. The van der Waals surface area contributed by atoms with Gasteiger partial charge in [-0.25, -0.2) is 0 Å². The Morgan fingerprint density at radius 1 is 0.808 bits per heavy atom. The van der Waals surface area contributed by atoms with Crippen LogP contribution in [0.15, 0.2) is 0 Å². The summed E-state index contributed by atoms with van der Waals surface area (Å²) in [7, 11) is 0. The van der Waals surface area contributed by atoms with Crippen LogP contribution in [-0.2, 0) is 33.3 Å². The van der Waals surface area contributed by atoms with Crippen molar-refractivity contribution >= 4 is 29.7 Å². The average molecular weight is 393 g/mol. The third-order valence-electron chi connectivity index (χ3n) is 3.59. The fourth-order valence-electron chi connectivity index (χ4n) is 2.59. The van der Waals surface area contributed by atoms with Crippen molar-refractivity contribution in [1.29, 1.82) is 0 Å². The van der Waals surface area contributed by atoms with E-state index in [1.54, 1.807) is 11.8 Å². The minimum atomic E-state index is -0.926. The molecular formula is C18H32O7S. The second-order valence-corrected chi connectivity index (χ2v) is 7.67. The van der Waals surface area contributed by atoms with Crippen LogP contribution in [0.3, 0.4) is 0 Å². The van der Waals surface area contributed by atoms with Crippen molar-refractivity contribution in [2.75, 3.05) is 19.0 Å². The summed E-state index contributed by atoms with van der Waals surface area (Å²) in [6, 6.07) is 0. The second-order valence-electron chi connectivity index (χ2n) is 6.02. The highest BCUT2D eigenvalue weighted by Gasteiger charge is 2.42. The van der Waals surface area contributed by atoms with Crippen molar-refractivity contribution in [2.45, 2.75) is 72.0 Å². The van der Waals surface area contributed by atoms with Crippen molar-refractivity contribution in [3.63, 3.8) is 0 Å². The molecule has 7 nitrogen and oxygen atoms in total. The van der Waals surface area contributed by atoms with Gasteiger partial charge in [0, 0.05) is 38.5 Å². The van der Waals surface area contributed by atoms with Gasteiger partial charge >= 0.3 is 17.9 Å². The molecule has 0 radical (unpaired) electrons. The monoisotopic (exact) mass is 392 g/mol. The normalized spacial score (nSPS) is 16.7. The smallest absolute Gasteiger partial charge is 0.303 e. The quantitative estimate of drug-likeness (QED) is 0.370. The second kappa shape index (κ2) is 13.0. The van der Waals surface area contributed by atoms with Gasteiger partial charge in [-0.15, -0.1) is 0 Å². The Morgan fingerprint density at radius 2 is 1.27 bits per heavy atom. The lowest BCUT2D eigenvalue weighted by atomic mass is 9.94. The van der Waals surface area contributed by atoms with Crippen LogP contribution in [0.25, 0.3) is 0 Å². The first kappa shape index (κ1) is 24.7. The number of ether oxygens (including phenoxy) is 4. The molecule has 0 heterocycles. The molecule has 0 rings (SSSR count). The van der Waals surface area contributed by atoms with Gasteiger partial charge in [0.2, 0.25) is 0 Å². The molecule has 0 fully saturated rings. The van der Waals surface area contributed by atoms with Gasteiger partial charge in [-0.05, 0) is 19.6 Å². The first-order chi connectivity index (χ1) is 12.1. The van der Waals surface area contributed by atoms with E-state index >= 15 is 0 Å². The lowest BCUT2D eigenvalue weighted by Crippen LogP contribution is -2.51. The summed E-state index contributed by atoms with van der Waals surface area (Å²) in [5.41, 5.74) is 0. The number of thioether (sulfide) groups is 1. The summed E-state index contributed by atoms with van der Waals surface area (Å²) in [6.07, 6.45) is -2.48. The average Bonchev–Trinajstić information content (AvgIpc) is 2.53. The molecule has 0 bridgehead atoms. The number of rotatable bonds is 12. The van der Waals surface area contributed by atoms with Crippen molar-refractivity contribution < 1.29 is 33.3 Å². The Hall–Kier alpha value is -1.28. The summed E-state index contributed by atoms with van der Waals surface area (Å²) < 4.78 is 21.9. The molecule has 0 aliphatic heterocycles. The Bertz CT molecular complexity index is 455. The van der Waals surface area contributed by atoms with Crippen LogP contribution in [-0.4, -0.2) is 60.4 Å². The fraction of sp³-hybridized carbons (Fsp3) is 0.833. The lowest BCUT2D eigenvalue weighted by Gasteiger charge is -2.37. The van der Waals surface area contributed by atoms with Gasteiger partial charge in [-0.3, -0.25) is 14.4 Å². The van der Waals surface area contributed by atoms with Crippen LogP contribution in [0.1, 0.15) is 48.5 Å². The number of carbonyl (C=O) groups is 3. The molecule has 0 saturated carbocycles. The van der Waals surface area contributed by atoms with E-state index in [4.69, 9.17) is 18.9 Å². The van der Waals surface area contributed by atoms with Gasteiger partial charge in [-0.2, -0.15) is 11.8 Å². The van der Waals surface area contributed by atoms with Gasteiger partial charge in [0.05, 0.1) is 6.61 Å². The van der Waals surface area contributed by atoms with E-state index in [1.165, 1.54) is 20.8 Å². The van der Waals surface area contributed by atoms with Crippen LogP contribution in [0.4, 0.5) is 0 Å². The highest BCUT2D eigenvalue weighted by Crippen LogP contribution is 2.27. The predicted molar refractivity (Wildman–Crippen MR) is 99.9 cm³/mol. The molecule has 152 valence electrons. The summed E-state index contributed by atoms with van der Waals surface area (Å²) in [5, 5.41) is -0.161. The molecule has 8 heteroatoms. The lowest BCUT2D eigenvalue weighted by molar-refractivity contribution is -0.188. The Kier molecular flexibility index (Phi) is 12.3. The topological polar surface area (TPSA) is 88.1 Å². The van der Waals surface area contributed by atoms with Crippen LogP contribution >= 0.6 is 11.8 Å². The van der Waals surface area contributed by atoms with Crippen LogP contribution in [0, 0.1) is 5.92 Å². The van der Waals surface area contributed by atoms with Crippen LogP contribution in [0.2, 0.25) is 0 Å². The van der Waals surface area contributed by atoms with Crippen molar-refractivity contribution in [3.8, 4) is 0 Å². The van der Waals surface area contributed by atoms with Gasteiger partial charge < -0.3 is 18.9 Å². The highest BCUT2D eigenvalue weighted by atomic mass is 32.2. The first-order valence-corrected chi connectivity index (χ1v) is 9.89. The molecule has 0 aromatic rings. The summed E-state index contributed by atoms with van der Waals surface area (Å²) in [5.74, 6) is -1.01. The molecule has 0 N–H and O–H groups in total. The van der Waals surface area contributed by atoms with Crippen LogP contribution in [0.5, 0.6) is 0 Å². The largest absolute Gasteiger partial charge is 0.458 e. The van der Waals surface area contributed by atoms with Gasteiger partial charge in [0.25, 0.3) is 0 Å². The van der Waals surface area contributed by atoms with E-state index in [1.807, 2.05) is 27.7 Å². The molecule has 5 unspecified atom stereocenters. The van der Waals surface area contributed by atoms with Crippen molar-refractivity contribution in [3.05, 3.63) is 0 Å². The zero-order chi connectivity index (χ0) is 20.3. The number of hydrogen-bond donors (Lipinski definition) is 0. The SMILES string of the molecule is CCOCC(C)C(OC(C)=O)C(OC(C)=O)C(OC(C)=O)C(C)SCC. The van der Waals surface area contributed by atoms with Gasteiger partial charge in [0.15, 0.2) is 12.2 Å². The zero-order valence-electron chi connectivity index (χ0n) is 16.8. The Morgan fingerprint density at radius 3 is 1.69 bits per heavy atom. The maximum Gasteiger partial charge on any atom is 0.303 e. The summed E-state index contributed by atoms with van der Waals surface area (Å²) in [6.45, 7) is 12.2. The Labute approximate surface area is 160 Å². The minimum Gasteiger partial charge on any atom is -0.458 e. The van der Waals surface area contributed by atoms with E-state index < -0.39 is 36.2 Å².